The molecule has 4 aromatic rings. The van der Waals surface area contributed by atoms with Gasteiger partial charge in [0.25, 0.3) is 0 Å². The molecule has 45 heavy (non-hydrogen) atoms. The molecule has 236 valence electrons. The van der Waals surface area contributed by atoms with Crippen molar-refractivity contribution in [3.8, 4) is 34.1 Å². The molecule has 4 aromatic carbocycles. The first-order valence-corrected chi connectivity index (χ1v) is 16.6. The highest BCUT2D eigenvalue weighted by Crippen LogP contribution is 2.37. The van der Waals surface area contributed by atoms with E-state index in [4.69, 9.17) is 18.9 Å². The fourth-order valence-electron chi connectivity index (χ4n) is 5.59. The maximum Gasteiger partial charge on any atom is 0.355 e. The number of carbonyl (C=O) groups is 1. The van der Waals surface area contributed by atoms with Gasteiger partial charge in [0.15, 0.2) is 0 Å². The largest absolute Gasteiger partial charge is 0.494 e. The van der Waals surface area contributed by atoms with E-state index in [2.05, 4.69) is 19.1 Å². The Hall–Kier alpha value is -4.25. The van der Waals surface area contributed by atoms with Crippen LogP contribution in [0.1, 0.15) is 82.8 Å². The number of fused-ring (bicyclic) bond motifs is 1. The third kappa shape index (κ3) is 9.37. The summed E-state index contributed by atoms with van der Waals surface area (Å²) in [6, 6.07) is 31.6. The predicted molar refractivity (Wildman–Crippen MR) is 180 cm³/mol. The van der Waals surface area contributed by atoms with Crippen LogP contribution in [-0.2, 0) is 17.8 Å². The molecule has 1 atom stereocenters. The molecule has 0 fully saturated rings. The van der Waals surface area contributed by atoms with Crippen molar-refractivity contribution in [3.63, 3.8) is 0 Å². The molecular formula is C40H46O5. The van der Waals surface area contributed by atoms with E-state index in [1.807, 2.05) is 84.9 Å². The molecule has 0 bridgehead atoms. The smallest absolute Gasteiger partial charge is 0.355 e. The lowest BCUT2D eigenvalue weighted by Gasteiger charge is -2.33. The van der Waals surface area contributed by atoms with E-state index in [1.165, 1.54) is 44.9 Å². The molecule has 0 unspecified atom stereocenters. The third-order valence-corrected chi connectivity index (χ3v) is 8.44. The lowest BCUT2D eigenvalue weighted by Crippen LogP contribution is -2.46. The van der Waals surface area contributed by atoms with Gasteiger partial charge in [-0.1, -0.05) is 106 Å². The molecule has 0 radical (unpaired) electrons. The van der Waals surface area contributed by atoms with Crippen molar-refractivity contribution in [2.75, 3.05) is 6.61 Å². The number of carbonyl (C=O) groups excluding carboxylic acids is 1. The summed E-state index contributed by atoms with van der Waals surface area (Å²) < 4.78 is 23.9. The Morgan fingerprint density at radius 3 is 2.02 bits per heavy atom. The fourth-order valence-corrected chi connectivity index (χ4v) is 5.59. The molecule has 5 nitrogen and oxygen atoms in total. The van der Waals surface area contributed by atoms with E-state index in [1.54, 1.807) is 6.92 Å². The minimum atomic E-state index is -1.07. The maximum absolute atomic E-state index is 13.2. The summed E-state index contributed by atoms with van der Waals surface area (Å²) in [6.07, 6.45) is 11.5. The molecule has 0 aliphatic carbocycles. The quantitative estimate of drug-likeness (QED) is 0.0722. The Kier molecular flexibility index (Phi) is 11.6. The van der Waals surface area contributed by atoms with Gasteiger partial charge >= 0.3 is 5.97 Å². The van der Waals surface area contributed by atoms with Gasteiger partial charge in [0, 0.05) is 6.42 Å². The van der Waals surface area contributed by atoms with Crippen molar-refractivity contribution < 1.29 is 23.7 Å². The van der Waals surface area contributed by atoms with Crippen molar-refractivity contribution in [1.82, 2.24) is 0 Å². The van der Waals surface area contributed by atoms with Crippen molar-refractivity contribution in [2.45, 2.75) is 90.3 Å². The summed E-state index contributed by atoms with van der Waals surface area (Å²) in [5.41, 5.74) is 3.20. The number of unbranched alkanes of at least 4 members (excludes halogenated alkanes) is 7. The standard InChI is InChI=1S/C40H46O5/c1-3-4-5-6-7-8-9-13-28-42-35-20-16-32(17-21-35)33-18-22-36(23-19-33)44-39(41)40(2)27-26-34-29-37(24-25-38(34)45-40)43-30-31-14-11-10-12-15-31/h10-12,14-25,29H,3-9,13,26-28,30H2,1-2H3/t40-/m1/s1. The molecule has 0 saturated heterocycles. The molecule has 1 heterocycles. The Balaban J connectivity index is 1.07. The predicted octanol–water partition coefficient (Wildman–Crippen LogP) is 10.1. The van der Waals surface area contributed by atoms with Gasteiger partial charge in [0.1, 0.15) is 29.6 Å². The normalized spacial score (nSPS) is 15.5. The van der Waals surface area contributed by atoms with Gasteiger partial charge in [-0.2, -0.15) is 0 Å². The zero-order chi connectivity index (χ0) is 31.3. The van der Waals surface area contributed by atoms with Crippen molar-refractivity contribution in [2.24, 2.45) is 0 Å². The van der Waals surface area contributed by atoms with E-state index in [0.717, 1.165) is 46.8 Å². The topological polar surface area (TPSA) is 54.0 Å². The molecule has 0 spiro atoms. The molecule has 5 rings (SSSR count). The minimum Gasteiger partial charge on any atom is -0.494 e. The van der Waals surface area contributed by atoms with Gasteiger partial charge in [0.2, 0.25) is 5.60 Å². The van der Waals surface area contributed by atoms with Crippen LogP contribution < -0.4 is 18.9 Å². The highest BCUT2D eigenvalue weighted by atomic mass is 16.6. The lowest BCUT2D eigenvalue weighted by molar-refractivity contribution is -0.152. The van der Waals surface area contributed by atoms with Gasteiger partial charge in [-0.3, -0.25) is 0 Å². The molecule has 1 aliphatic heterocycles. The molecule has 0 N–H and O–H groups in total. The van der Waals surface area contributed by atoms with E-state index in [9.17, 15) is 4.79 Å². The average Bonchev–Trinajstić information content (AvgIpc) is 3.07. The number of esters is 1. The SMILES string of the molecule is CCCCCCCCCCOc1ccc(-c2ccc(OC(=O)[C@@]3(C)CCc4cc(OCc5ccccc5)ccc4O3)cc2)cc1. The van der Waals surface area contributed by atoms with Crippen molar-refractivity contribution in [1.29, 1.82) is 0 Å². The molecule has 0 saturated carbocycles. The van der Waals surface area contributed by atoms with Crippen molar-refractivity contribution >= 4 is 5.97 Å². The summed E-state index contributed by atoms with van der Waals surface area (Å²) >= 11 is 0. The van der Waals surface area contributed by atoms with E-state index >= 15 is 0 Å². The van der Waals surface area contributed by atoms with Gasteiger partial charge < -0.3 is 18.9 Å². The number of hydrogen-bond donors (Lipinski definition) is 0. The summed E-state index contributed by atoms with van der Waals surface area (Å²) in [6.45, 7) is 5.31. The molecule has 0 amide bonds. The minimum absolute atomic E-state index is 0.400. The van der Waals surface area contributed by atoms with E-state index in [-0.39, 0.29) is 0 Å². The highest BCUT2D eigenvalue weighted by Gasteiger charge is 2.41. The summed E-state index contributed by atoms with van der Waals surface area (Å²) in [7, 11) is 0. The second-order valence-corrected chi connectivity index (χ2v) is 12.1. The van der Waals surface area contributed by atoms with Crippen molar-refractivity contribution in [3.05, 3.63) is 108 Å². The molecule has 5 heteroatoms. The van der Waals surface area contributed by atoms with Crippen LogP contribution in [0.15, 0.2) is 97.1 Å². The molecular weight excluding hydrogens is 560 g/mol. The monoisotopic (exact) mass is 606 g/mol. The average molecular weight is 607 g/mol. The number of benzene rings is 4. The van der Waals surface area contributed by atoms with Crippen LogP contribution in [0.3, 0.4) is 0 Å². The van der Waals surface area contributed by atoms with Gasteiger partial charge in [-0.25, -0.2) is 4.79 Å². The summed E-state index contributed by atoms with van der Waals surface area (Å²) in [4.78, 5) is 13.2. The van der Waals surface area contributed by atoms with Crippen LogP contribution in [0.2, 0.25) is 0 Å². The van der Waals surface area contributed by atoms with Crippen LogP contribution in [-0.4, -0.2) is 18.2 Å². The first kappa shape index (κ1) is 32.2. The number of hydrogen-bond acceptors (Lipinski definition) is 5. The zero-order valence-electron chi connectivity index (χ0n) is 26.8. The summed E-state index contributed by atoms with van der Waals surface area (Å²) in [5.74, 6) is 2.46. The van der Waals surface area contributed by atoms with Gasteiger partial charge in [-0.15, -0.1) is 0 Å². The van der Waals surface area contributed by atoms with Gasteiger partial charge in [-0.05, 0) is 84.5 Å². The zero-order valence-corrected chi connectivity index (χ0v) is 26.8. The van der Waals surface area contributed by atoms with E-state index < -0.39 is 11.6 Å². The Morgan fingerprint density at radius 1 is 0.711 bits per heavy atom. The third-order valence-electron chi connectivity index (χ3n) is 8.44. The first-order valence-electron chi connectivity index (χ1n) is 16.6. The van der Waals surface area contributed by atoms with Crippen LogP contribution in [0, 0.1) is 0 Å². The Morgan fingerprint density at radius 2 is 1.33 bits per heavy atom. The highest BCUT2D eigenvalue weighted by molar-refractivity contribution is 5.82. The maximum atomic E-state index is 13.2. The number of rotatable bonds is 16. The summed E-state index contributed by atoms with van der Waals surface area (Å²) in [5, 5.41) is 0. The second-order valence-electron chi connectivity index (χ2n) is 12.1. The molecule has 1 aliphatic rings. The second kappa shape index (κ2) is 16.2. The van der Waals surface area contributed by atoms with Gasteiger partial charge in [0.05, 0.1) is 6.61 Å². The number of aryl methyl sites for hydroxylation is 1. The van der Waals surface area contributed by atoms with Crippen LogP contribution in [0.4, 0.5) is 0 Å². The fraction of sp³-hybridized carbons (Fsp3) is 0.375. The van der Waals surface area contributed by atoms with Crippen LogP contribution in [0.25, 0.3) is 11.1 Å². The van der Waals surface area contributed by atoms with E-state index in [0.29, 0.717) is 30.9 Å². The van der Waals surface area contributed by atoms with Crippen LogP contribution >= 0.6 is 0 Å². The van der Waals surface area contributed by atoms with Crippen LogP contribution in [0.5, 0.6) is 23.0 Å². The lowest BCUT2D eigenvalue weighted by atomic mass is 9.92. The number of ether oxygens (including phenoxy) is 4. The molecule has 0 aromatic heterocycles. The first-order chi connectivity index (χ1) is 22.0. The Bertz CT molecular complexity index is 1480. The Labute approximate surface area is 268 Å².